The summed E-state index contributed by atoms with van der Waals surface area (Å²) < 4.78 is 3.93. The van der Waals surface area contributed by atoms with E-state index in [0.717, 1.165) is 6.42 Å². The van der Waals surface area contributed by atoms with Gasteiger partial charge in [-0.3, -0.25) is 0 Å². The molecule has 0 unspecified atom stereocenters. The molecular weight excluding hydrogens is 168 g/mol. The predicted octanol–water partition coefficient (Wildman–Crippen LogP) is 3.22. The van der Waals surface area contributed by atoms with Crippen LogP contribution in [0.3, 0.4) is 0 Å². The monoisotopic (exact) mass is 176 g/mol. The summed E-state index contributed by atoms with van der Waals surface area (Å²) >= 11 is 1.43. The van der Waals surface area contributed by atoms with E-state index in [1.54, 1.807) is 6.20 Å². The summed E-state index contributed by atoms with van der Waals surface area (Å²) in [6.45, 7) is 0. The molecule has 0 saturated carbocycles. The molecule has 0 amide bonds. The molecule has 0 N–H and O–H groups in total. The summed E-state index contributed by atoms with van der Waals surface area (Å²) in [5.74, 6) is 0. The maximum Gasteiger partial charge on any atom is 0.0465 e. The zero-order chi connectivity index (χ0) is 8.23. The molecule has 0 fully saturated rings. The van der Waals surface area contributed by atoms with E-state index in [2.05, 4.69) is 21.8 Å². The molecule has 0 saturated heterocycles. The van der Waals surface area contributed by atoms with Crippen LogP contribution in [0.2, 0.25) is 0 Å². The van der Waals surface area contributed by atoms with E-state index in [9.17, 15) is 0 Å². The maximum atomic E-state index is 3.93. The van der Waals surface area contributed by atoms with Gasteiger partial charge in [0.2, 0.25) is 0 Å². The van der Waals surface area contributed by atoms with Crippen LogP contribution in [0.4, 0.5) is 0 Å². The fraction of sp³-hybridized carbons (Fsp3) is 0.111. The zero-order valence-corrected chi connectivity index (χ0v) is 7.29. The molecule has 1 aromatic carbocycles. The van der Waals surface area contributed by atoms with Gasteiger partial charge >= 0.3 is 0 Å². The first-order chi connectivity index (χ1) is 5.97. The number of hydrogen-bond donors (Lipinski definition) is 0. The second-order valence-electron chi connectivity index (χ2n) is 2.49. The van der Waals surface area contributed by atoms with Crippen molar-refractivity contribution < 1.29 is 0 Å². The zero-order valence-electron chi connectivity index (χ0n) is 6.47. The number of hydrogen-bond acceptors (Lipinski definition) is 3. The molecule has 1 aliphatic heterocycles. The lowest BCUT2D eigenvalue weighted by atomic mass is 10.1. The Morgan fingerprint density at radius 3 is 3.17 bits per heavy atom. The Morgan fingerprint density at radius 1 is 1.25 bits per heavy atom. The van der Waals surface area contributed by atoms with Crippen LogP contribution in [-0.2, 0) is 6.42 Å². The standard InChI is InChI=1S/C9H8N2S/c1-2-6-9-8(4-1)5-3-7-10-11-12-9/h1-4,6-7H,5H2. The van der Waals surface area contributed by atoms with Crippen LogP contribution >= 0.6 is 11.9 Å². The van der Waals surface area contributed by atoms with Gasteiger partial charge in [0.25, 0.3) is 0 Å². The molecule has 60 valence electrons. The summed E-state index contributed by atoms with van der Waals surface area (Å²) in [6, 6.07) is 8.25. The molecule has 0 radical (unpaired) electrons. The highest BCUT2D eigenvalue weighted by atomic mass is 32.2. The molecule has 2 rings (SSSR count). The van der Waals surface area contributed by atoms with Crippen LogP contribution in [0, 0.1) is 0 Å². The molecule has 1 aromatic rings. The van der Waals surface area contributed by atoms with Crippen molar-refractivity contribution in [1.29, 1.82) is 0 Å². The van der Waals surface area contributed by atoms with Gasteiger partial charge in [-0.2, -0.15) is 5.11 Å². The van der Waals surface area contributed by atoms with Crippen molar-refractivity contribution in [3.63, 3.8) is 0 Å². The minimum atomic E-state index is 0.947. The van der Waals surface area contributed by atoms with Crippen LogP contribution in [0.15, 0.2) is 51.1 Å². The number of benzene rings is 1. The van der Waals surface area contributed by atoms with Crippen molar-refractivity contribution in [1.82, 2.24) is 0 Å². The summed E-state index contributed by atoms with van der Waals surface area (Å²) in [7, 11) is 0. The van der Waals surface area contributed by atoms with Crippen molar-refractivity contribution in [2.45, 2.75) is 11.3 Å². The first kappa shape index (κ1) is 7.55. The Morgan fingerprint density at radius 2 is 2.17 bits per heavy atom. The molecule has 3 heteroatoms. The van der Waals surface area contributed by atoms with Gasteiger partial charge in [-0.25, -0.2) is 0 Å². The molecule has 0 spiro atoms. The van der Waals surface area contributed by atoms with Gasteiger partial charge in [-0.05, 0) is 18.1 Å². The molecule has 0 bridgehead atoms. The first-order valence-electron chi connectivity index (χ1n) is 3.77. The van der Waals surface area contributed by atoms with E-state index in [0.29, 0.717) is 0 Å². The third kappa shape index (κ3) is 1.56. The Kier molecular flexibility index (Phi) is 2.23. The number of nitrogens with zero attached hydrogens (tertiary/aromatic N) is 2. The smallest absolute Gasteiger partial charge is 0.0465 e. The SMILES string of the molecule is C1=CN=NSc2ccccc2C1. The van der Waals surface area contributed by atoms with Gasteiger partial charge in [0, 0.05) is 23.0 Å². The van der Waals surface area contributed by atoms with E-state index in [1.807, 2.05) is 18.2 Å². The Balaban J connectivity index is 2.40. The van der Waals surface area contributed by atoms with E-state index in [4.69, 9.17) is 0 Å². The van der Waals surface area contributed by atoms with Gasteiger partial charge in [0.15, 0.2) is 0 Å². The highest BCUT2D eigenvalue weighted by molar-refractivity contribution is 7.98. The van der Waals surface area contributed by atoms with E-state index >= 15 is 0 Å². The van der Waals surface area contributed by atoms with Crippen LogP contribution < -0.4 is 0 Å². The third-order valence-electron chi connectivity index (χ3n) is 1.67. The lowest BCUT2D eigenvalue weighted by Gasteiger charge is -2.03. The Labute approximate surface area is 75.5 Å². The second kappa shape index (κ2) is 3.54. The van der Waals surface area contributed by atoms with E-state index < -0.39 is 0 Å². The summed E-state index contributed by atoms with van der Waals surface area (Å²) in [6.07, 6.45) is 4.70. The van der Waals surface area contributed by atoms with Gasteiger partial charge in [-0.15, -0.1) is 4.52 Å². The lowest BCUT2D eigenvalue weighted by Crippen LogP contribution is -1.84. The summed E-state index contributed by atoms with van der Waals surface area (Å²) in [5.41, 5.74) is 1.32. The number of allylic oxidation sites excluding steroid dienone is 1. The van der Waals surface area contributed by atoms with Crippen LogP contribution in [-0.4, -0.2) is 0 Å². The normalized spacial score (nSPS) is 15.0. The summed E-state index contributed by atoms with van der Waals surface area (Å²) in [4.78, 5) is 1.20. The van der Waals surface area contributed by atoms with Crippen LogP contribution in [0.1, 0.15) is 5.56 Å². The molecule has 0 aliphatic carbocycles. The van der Waals surface area contributed by atoms with Crippen molar-refractivity contribution in [2.75, 3.05) is 0 Å². The molecule has 0 aromatic heterocycles. The lowest BCUT2D eigenvalue weighted by molar-refractivity contribution is 1.14. The van der Waals surface area contributed by atoms with Crippen molar-refractivity contribution >= 4 is 11.9 Å². The fourth-order valence-electron chi connectivity index (χ4n) is 1.08. The average molecular weight is 176 g/mol. The predicted molar refractivity (Wildman–Crippen MR) is 50.0 cm³/mol. The molecule has 12 heavy (non-hydrogen) atoms. The van der Waals surface area contributed by atoms with E-state index in [-0.39, 0.29) is 0 Å². The minimum Gasteiger partial charge on any atom is -0.152 e. The summed E-state index contributed by atoms with van der Waals surface area (Å²) in [5, 5.41) is 3.84. The highest BCUT2D eigenvalue weighted by Crippen LogP contribution is 2.25. The van der Waals surface area contributed by atoms with Crippen molar-refractivity contribution in [3.8, 4) is 0 Å². The van der Waals surface area contributed by atoms with Crippen LogP contribution in [0.5, 0.6) is 0 Å². The minimum absolute atomic E-state index is 0.947. The van der Waals surface area contributed by atoms with Gasteiger partial charge < -0.3 is 0 Å². The molecule has 0 atom stereocenters. The third-order valence-corrected chi connectivity index (χ3v) is 2.44. The van der Waals surface area contributed by atoms with Crippen molar-refractivity contribution in [3.05, 3.63) is 42.1 Å². The van der Waals surface area contributed by atoms with Gasteiger partial charge in [0.1, 0.15) is 0 Å². The Hall–Kier alpha value is -1.09. The Bertz CT molecular complexity index is 298. The fourth-order valence-corrected chi connectivity index (χ4v) is 1.68. The molecule has 2 nitrogen and oxygen atoms in total. The molecule has 1 heterocycles. The highest BCUT2D eigenvalue weighted by Gasteiger charge is 2.00. The van der Waals surface area contributed by atoms with Gasteiger partial charge in [-0.1, -0.05) is 24.3 Å². The van der Waals surface area contributed by atoms with E-state index in [1.165, 1.54) is 22.4 Å². The molecular formula is C9H8N2S. The van der Waals surface area contributed by atoms with Crippen molar-refractivity contribution in [2.24, 2.45) is 9.63 Å². The average Bonchev–Trinajstić information content (AvgIpc) is 2.06. The number of fused-ring (bicyclic) bond motifs is 1. The largest absolute Gasteiger partial charge is 0.152 e. The molecule has 1 aliphatic rings. The second-order valence-corrected chi connectivity index (χ2v) is 3.27. The van der Waals surface area contributed by atoms with Gasteiger partial charge in [0.05, 0.1) is 0 Å². The van der Waals surface area contributed by atoms with Crippen LogP contribution in [0.25, 0.3) is 0 Å². The number of rotatable bonds is 0. The maximum absolute atomic E-state index is 3.93. The topological polar surface area (TPSA) is 24.7 Å². The first-order valence-corrected chi connectivity index (χ1v) is 4.54. The quantitative estimate of drug-likeness (QED) is 0.557.